The van der Waals surface area contributed by atoms with Gasteiger partial charge in [0, 0.05) is 12.1 Å². The SMILES string of the molecule is CCCc1nc(Cc2cccc(Oc3ccccc3)c2)c(C)c(C(=O)OC)c1O. The number of rotatable bonds is 7. The monoisotopic (exact) mass is 391 g/mol. The quantitative estimate of drug-likeness (QED) is 0.559. The second-order valence-corrected chi connectivity index (χ2v) is 6.83. The second kappa shape index (κ2) is 9.24. The molecule has 3 rings (SSSR count). The highest BCUT2D eigenvalue weighted by Crippen LogP contribution is 2.30. The van der Waals surface area contributed by atoms with Crippen LogP contribution < -0.4 is 4.74 Å². The van der Waals surface area contributed by atoms with E-state index < -0.39 is 5.97 Å². The molecule has 29 heavy (non-hydrogen) atoms. The zero-order valence-electron chi connectivity index (χ0n) is 16.9. The minimum Gasteiger partial charge on any atom is -0.505 e. The van der Waals surface area contributed by atoms with E-state index in [4.69, 9.17) is 9.47 Å². The molecule has 1 heterocycles. The lowest BCUT2D eigenvalue weighted by Gasteiger charge is -2.15. The molecule has 0 amide bonds. The number of carbonyl (C=O) groups excluding carboxylic acids is 1. The van der Waals surface area contributed by atoms with Gasteiger partial charge in [-0.25, -0.2) is 4.79 Å². The summed E-state index contributed by atoms with van der Waals surface area (Å²) in [4.78, 5) is 16.9. The number of aryl methyl sites for hydroxylation is 1. The molecule has 0 fully saturated rings. The maximum absolute atomic E-state index is 12.2. The molecule has 0 saturated heterocycles. The van der Waals surface area contributed by atoms with Gasteiger partial charge in [0.15, 0.2) is 5.75 Å². The Morgan fingerprint density at radius 1 is 1.03 bits per heavy atom. The van der Waals surface area contributed by atoms with Crippen LogP contribution in [0.1, 0.15) is 46.2 Å². The largest absolute Gasteiger partial charge is 0.505 e. The average Bonchev–Trinajstić information content (AvgIpc) is 2.72. The predicted molar refractivity (Wildman–Crippen MR) is 112 cm³/mol. The third-order valence-electron chi connectivity index (χ3n) is 4.71. The van der Waals surface area contributed by atoms with E-state index in [1.807, 2.05) is 61.5 Å². The third-order valence-corrected chi connectivity index (χ3v) is 4.71. The number of hydrogen-bond acceptors (Lipinski definition) is 5. The van der Waals surface area contributed by atoms with Crippen LogP contribution in [0.3, 0.4) is 0 Å². The molecule has 0 aliphatic carbocycles. The van der Waals surface area contributed by atoms with Crippen molar-refractivity contribution >= 4 is 5.97 Å². The minimum atomic E-state index is -0.554. The fourth-order valence-corrected chi connectivity index (χ4v) is 3.24. The van der Waals surface area contributed by atoms with Crippen LogP contribution >= 0.6 is 0 Å². The first kappa shape index (κ1) is 20.4. The van der Waals surface area contributed by atoms with E-state index in [2.05, 4.69) is 4.98 Å². The van der Waals surface area contributed by atoms with Crippen molar-refractivity contribution in [1.29, 1.82) is 0 Å². The van der Waals surface area contributed by atoms with Crippen LogP contribution in [0.2, 0.25) is 0 Å². The van der Waals surface area contributed by atoms with Crippen LogP contribution in [0, 0.1) is 6.92 Å². The van der Waals surface area contributed by atoms with Crippen molar-refractivity contribution in [2.24, 2.45) is 0 Å². The Morgan fingerprint density at radius 3 is 2.45 bits per heavy atom. The number of methoxy groups -OCH3 is 1. The van der Waals surface area contributed by atoms with Gasteiger partial charge in [0.1, 0.15) is 17.1 Å². The molecule has 0 aliphatic heterocycles. The molecule has 2 aromatic carbocycles. The number of para-hydroxylation sites is 1. The van der Waals surface area contributed by atoms with Crippen molar-refractivity contribution in [2.75, 3.05) is 7.11 Å². The van der Waals surface area contributed by atoms with Crippen molar-refractivity contribution in [3.63, 3.8) is 0 Å². The van der Waals surface area contributed by atoms with E-state index in [0.717, 1.165) is 29.2 Å². The first-order chi connectivity index (χ1) is 14.0. The van der Waals surface area contributed by atoms with Gasteiger partial charge in [-0.1, -0.05) is 43.7 Å². The number of hydrogen-bond donors (Lipinski definition) is 1. The Kier molecular flexibility index (Phi) is 6.50. The van der Waals surface area contributed by atoms with Crippen molar-refractivity contribution in [1.82, 2.24) is 4.98 Å². The highest BCUT2D eigenvalue weighted by Gasteiger charge is 2.22. The number of aromatic hydroxyl groups is 1. The number of carbonyl (C=O) groups is 1. The van der Waals surface area contributed by atoms with E-state index in [1.165, 1.54) is 7.11 Å². The summed E-state index contributed by atoms with van der Waals surface area (Å²) in [6.07, 6.45) is 1.91. The van der Waals surface area contributed by atoms with E-state index in [-0.39, 0.29) is 11.3 Å². The zero-order chi connectivity index (χ0) is 20.8. The Morgan fingerprint density at radius 2 is 1.76 bits per heavy atom. The van der Waals surface area contributed by atoms with E-state index in [9.17, 15) is 9.90 Å². The lowest BCUT2D eigenvalue weighted by Crippen LogP contribution is -2.11. The van der Waals surface area contributed by atoms with Crippen LogP contribution in [0.25, 0.3) is 0 Å². The Hall–Kier alpha value is -3.34. The molecule has 0 radical (unpaired) electrons. The molecular weight excluding hydrogens is 366 g/mol. The summed E-state index contributed by atoms with van der Waals surface area (Å²) in [5.41, 5.74) is 3.08. The summed E-state index contributed by atoms with van der Waals surface area (Å²) < 4.78 is 10.8. The van der Waals surface area contributed by atoms with Gasteiger partial charge in [0.05, 0.1) is 12.8 Å². The summed E-state index contributed by atoms with van der Waals surface area (Å²) in [5.74, 6) is 0.858. The number of aromatic nitrogens is 1. The van der Waals surface area contributed by atoms with Gasteiger partial charge < -0.3 is 14.6 Å². The van der Waals surface area contributed by atoms with Crippen molar-refractivity contribution < 1.29 is 19.4 Å². The van der Waals surface area contributed by atoms with Gasteiger partial charge >= 0.3 is 5.97 Å². The van der Waals surface area contributed by atoms with Gasteiger partial charge in [-0.15, -0.1) is 0 Å². The molecule has 0 bridgehead atoms. The molecule has 0 unspecified atom stereocenters. The summed E-state index contributed by atoms with van der Waals surface area (Å²) >= 11 is 0. The van der Waals surface area contributed by atoms with E-state index >= 15 is 0 Å². The van der Waals surface area contributed by atoms with Gasteiger partial charge in [0.25, 0.3) is 0 Å². The molecule has 0 atom stereocenters. The summed E-state index contributed by atoms with van der Waals surface area (Å²) in [7, 11) is 1.31. The highest BCUT2D eigenvalue weighted by atomic mass is 16.5. The highest BCUT2D eigenvalue weighted by molar-refractivity contribution is 5.94. The van der Waals surface area contributed by atoms with Crippen molar-refractivity contribution in [2.45, 2.75) is 33.1 Å². The molecular formula is C24H25NO4. The molecule has 1 aromatic heterocycles. The zero-order valence-corrected chi connectivity index (χ0v) is 16.9. The number of pyridine rings is 1. The lowest BCUT2D eigenvalue weighted by molar-refractivity contribution is 0.0596. The Bertz CT molecular complexity index is 999. The Balaban J connectivity index is 1.94. The molecule has 0 spiro atoms. The summed E-state index contributed by atoms with van der Waals surface area (Å²) in [6, 6.07) is 17.4. The standard InChI is InChI=1S/C24H25NO4/c1-4-9-20-23(26)22(24(27)28-3)16(2)21(25-20)15-17-10-8-13-19(14-17)29-18-11-6-5-7-12-18/h5-8,10-14,26H,4,9,15H2,1-3H3. The minimum absolute atomic E-state index is 0.0823. The molecule has 150 valence electrons. The number of benzene rings is 2. The maximum Gasteiger partial charge on any atom is 0.342 e. The Labute approximate surface area is 171 Å². The maximum atomic E-state index is 12.2. The topological polar surface area (TPSA) is 68.7 Å². The van der Waals surface area contributed by atoms with Crippen molar-refractivity contribution in [3.05, 3.63) is 82.7 Å². The molecule has 3 aromatic rings. The summed E-state index contributed by atoms with van der Waals surface area (Å²) in [6.45, 7) is 3.79. The molecule has 5 nitrogen and oxygen atoms in total. The van der Waals surface area contributed by atoms with Crippen LogP contribution in [-0.4, -0.2) is 23.2 Å². The summed E-state index contributed by atoms with van der Waals surface area (Å²) in [5, 5.41) is 10.5. The smallest absolute Gasteiger partial charge is 0.342 e. The fraction of sp³-hybridized carbons (Fsp3) is 0.250. The van der Waals surface area contributed by atoms with Crippen LogP contribution in [0.15, 0.2) is 54.6 Å². The molecule has 0 saturated carbocycles. The van der Waals surface area contributed by atoms with Gasteiger partial charge in [-0.2, -0.15) is 0 Å². The molecule has 5 heteroatoms. The number of nitrogens with zero attached hydrogens (tertiary/aromatic N) is 1. The number of ether oxygens (including phenoxy) is 2. The molecule has 0 aliphatic rings. The van der Waals surface area contributed by atoms with E-state index in [1.54, 1.807) is 6.92 Å². The van der Waals surface area contributed by atoms with Crippen LogP contribution in [0.4, 0.5) is 0 Å². The van der Waals surface area contributed by atoms with Crippen LogP contribution in [-0.2, 0) is 17.6 Å². The van der Waals surface area contributed by atoms with E-state index in [0.29, 0.717) is 24.1 Å². The molecule has 1 N–H and O–H groups in total. The first-order valence-electron chi connectivity index (χ1n) is 9.65. The lowest BCUT2D eigenvalue weighted by atomic mass is 9.99. The third kappa shape index (κ3) is 4.74. The van der Waals surface area contributed by atoms with Crippen LogP contribution in [0.5, 0.6) is 17.2 Å². The normalized spacial score (nSPS) is 10.6. The first-order valence-corrected chi connectivity index (χ1v) is 9.65. The van der Waals surface area contributed by atoms with Crippen molar-refractivity contribution in [3.8, 4) is 17.2 Å². The number of esters is 1. The second-order valence-electron chi connectivity index (χ2n) is 6.83. The van der Waals surface area contributed by atoms with Gasteiger partial charge in [0.2, 0.25) is 0 Å². The fourth-order valence-electron chi connectivity index (χ4n) is 3.24. The average molecular weight is 391 g/mol. The predicted octanol–water partition coefficient (Wildman–Crippen LogP) is 5.22. The van der Waals surface area contributed by atoms with Gasteiger partial charge in [-0.3, -0.25) is 4.98 Å². The van der Waals surface area contributed by atoms with Gasteiger partial charge in [-0.05, 0) is 48.7 Å².